The van der Waals surface area contributed by atoms with Crippen LogP contribution in [0.25, 0.3) is 0 Å². The molecule has 0 spiro atoms. The topological polar surface area (TPSA) is 29.5 Å². The molecule has 0 unspecified atom stereocenters. The zero-order chi connectivity index (χ0) is 16.4. The van der Waals surface area contributed by atoms with E-state index in [1.807, 2.05) is 56.0 Å². The molecule has 0 fully saturated rings. The SMILES string of the molecule is CC(C)(C)OC(=O)N(CCCCCCBr)Cc1ccccc1. The van der Waals surface area contributed by atoms with Crippen LogP contribution in [0.2, 0.25) is 0 Å². The van der Waals surface area contributed by atoms with Crippen molar-refractivity contribution in [3.63, 3.8) is 0 Å². The van der Waals surface area contributed by atoms with Crippen LogP contribution in [-0.2, 0) is 11.3 Å². The van der Waals surface area contributed by atoms with Crippen molar-refractivity contribution >= 4 is 22.0 Å². The number of nitrogens with zero attached hydrogens (tertiary/aromatic N) is 1. The van der Waals surface area contributed by atoms with E-state index < -0.39 is 5.60 Å². The summed E-state index contributed by atoms with van der Waals surface area (Å²) in [4.78, 5) is 14.2. The second-order valence-corrected chi connectivity index (χ2v) is 7.28. The Kier molecular flexibility index (Phi) is 8.54. The lowest BCUT2D eigenvalue weighted by atomic mass is 10.1. The minimum Gasteiger partial charge on any atom is -0.444 e. The van der Waals surface area contributed by atoms with Crippen LogP contribution in [-0.4, -0.2) is 28.5 Å². The number of amides is 1. The highest BCUT2D eigenvalue weighted by atomic mass is 79.9. The normalized spacial score (nSPS) is 11.3. The Balaban J connectivity index is 2.58. The Labute approximate surface area is 143 Å². The van der Waals surface area contributed by atoms with Gasteiger partial charge in [0.15, 0.2) is 0 Å². The van der Waals surface area contributed by atoms with Gasteiger partial charge in [-0.2, -0.15) is 0 Å². The van der Waals surface area contributed by atoms with Crippen LogP contribution in [0.1, 0.15) is 52.0 Å². The number of rotatable bonds is 8. The van der Waals surface area contributed by atoms with Gasteiger partial charge in [0.25, 0.3) is 0 Å². The molecule has 0 saturated carbocycles. The number of unbranched alkanes of at least 4 members (excludes halogenated alkanes) is 3. The summed E-state index contributed by atoms with van der Waals surface area (Å²) in [5.74, 6) is 0. The molecule has 1 aromatic carbocycles. The average molecular weight is 370 g/mol. The first-order chi connectivity index (χ1) is 10.4. The molecule has 0 aliphatic carbocycles. The Morgan fingerprint density at radius 1 is 1.09 bits per heavy atom. The lowest BCUT2D eigenvalue weighted by Gasteiger charge is -2.27. The molecule has 3 nitrogen and oxygen atoms in total. The third kappa shape index (κ3) is 8.42. The maximum Gasteiger partial charge on any atom is 0.410 e. The van der Waals surface area contributed by atoms with Gasteiger partial charge >= 0.3 is 6.09 Å². The predicted molar refractivity (Wildman–Crippen MR) is 95.3 cm³/mol. The summed E-state index contributed by atoms with van der Waals surface area (Å²) in [5.41, 5.74) is 0.677. The van der Waals surface area contributed by atoms with Gasteiger partial charge in [0.1, 0.15) is 5.60 Å². The van der Waals surface area contributed by atoms with Crippen LogP contribution < -0.4 is 0 Å². The number of hydrogen-bond acceptors (Lipinski definition) is 2. The molecule has 1 aromatic rings. The van der Waals surface area contributed by atoms with Crippen molar-refractivity contribution < 1.29 is 9.53 Å². The van der Waals surface area contributed by atoms with E-state index in [-0.39, 0.29) is 6.09 Å². The second kappa shape index (κ2) is 9.88. The van der Waals surface area contributed by atoms with Gasteiger partial charge < -0.3 is 9.64 Å². The summed E-state index contributed by atoms with van der Waals surface area (Å²) in [6.07, 6.45) is 4.31. The molecule has 0 radical (unpaired) electrons. The first-order valence-electron chi connectivity index (χ1n) is 8.00. The number of benzene rings is 1. The fourth-order valence-electron chi connectivity index (χ4n) is 2.12. The Bertz CT molecular complexity index is 428. The van der Waals surface area contributed by atoms with Gasteiger partial charge in [0.2, 0.25) is 0 Å². The molecule has 0 saturated heterocycles. The highest BCUT2D eigenvalue weighted by Gasteiger charge is 2.21. The van der Waals surface area contributed by atoms with E-state index in [0.717, 1.165) is 30.3 Å². The minimum atomic E-state index is -0.456. The molecule has 0 bridgehead atoms. The molecule has 22 heavy (non-hydrogen) atoms. The molecule has 124 valence electrons. The monoisotopic (exact) mass is 369 g/mol. The Hall–Kier alpha value is -1.03. The van der Waals surface area contributed by atoms with Crippen molar-refractivity contribution in [2.75, 3.05) is 11.9 Å². The molecule has 0 aliphatic heterocycles. The van der Waals surface area contributed by atoms with Gasteiger partial charge in [-0.05, 0) is 39.2 Å². The molecule has 0 heterocycles. The highest BCUT2D eigenvalue weighted by molar-refractivity contribution is 9.09. The summed E-state index contributed by atoms with van der Waals surface area (Å²) >= 11 is 3.45. The van der Waals surface area contributed by atoms with E-state index in [2.05, 4.69) is 15.9 Å². The van der Waals surface area contributed by atoms with E-state index >= 15 is 0 Å². The molecule has 1 rings (SSSR count). The standard InChI is InChI=1S/C18H28BrNO2/c1-18(2,3)22-17(21)20(14-10-5-4-9-13-19)15-16-11-7-6-8-12-16/h6-8,11-12H,4-5,9-10,13-15H2,1-3H3. The number of halogens is 1. The minimum absolute atomic E-state index is 0.225. The number of carbonyl (C=O) groups excluding carboxylic acids is 1. The summed E-state index contributed by atoms with van der Waals surface area (Å²) in [6.45, 7) is 7.06. The van der Waals surface area contributed by atoms with Crippen LogP contribution in [0.4, 0.5) is 4.79 Å². The highest BCUT2D eigenvalue weighted by Crippen LogP contribution is 2.14. The lowest BCUT2D eigenvalue weighted by Crippen LogP contribution is -2.37. The summed E-state index contributed by atoms with van der Waals surface area (Å²) < 4.78 is 5.53. The fraction of sp³-hybridized carbons (Fsp3) is 0.611. The number of alkyl halides is 1. The Morgan fingerprint density at radius 2 is 1.73 bits per heavy atom. The van der Waals surface area contributed by atoms with Gasteiger partial charge in [-0.3, -0.25) is 0 Å². The fourth-order valence-corrected chi connectivity index (χ4v) is 2.51. The van der Waals surface area contributed by atoms with Gasteiger partial charge in [-0.25, -0.2) is 4.79 Å². The quantitative estimate of drug-likeness (QED) is 0.454. The van der Waals surface area contributed by atoms with Gasteiger partial charge in [0.05, 0.1) is 0 Å². The first-order valence-corrected chi connectivity index (χ1v) is 9.12. The van der Waals surface area contributed by atoms with Crippen molar-refractivity contribution in [3.8, 4) is 0 Å². The molecular formula is C18H28BrNO2. The van der Waals surface area contributed by atoms with E-state index in [0.29, 0.717) is 6.54 Å². The van der Waals surface area contributed by atoms with Crippen LogP contribution in [0.3, 0.4) is 0 Å². The number of carbonyl (C=O) groups is 1. The molecule has 4 heteroatoms. The molecule has 0 atom stereocenters. The first kappa shape index (κ1) is 19.0. The van der Waals surface area contributed by atoms with Crippen molar-refractivity contribution in [1.29, 1.82) is 0 Å². The van der Waals surface area contributed by atoms with Crippen molar-refractivity contribution in [1.82, 2.24) is 4.90 Å². The zero-order valence-electron chi connectivity index (χ0n) is 14.0. The van der Waals surface area contributed by atoms with E-state index in [1.165, 1.54) is 12.8 Å². The van der Waals surface area contributed by atoms with Crippen molar-refractivity contribution in [2.45, 2.75) is 58.6 Å². The van der Waals surface area contributed by atoms with E-state index in [9.17, 15) is 4.79 Å². The van der Waals surface area contributed by atoms with Crippen molar-refractivity contribution in [2.24, 2.45) is 0 Å². The molecule has 0 aliphatic rings. The van der Waals surface area contributed by atoms with Crippen molar-refractivity contribution in [3.05, 3.63) is 35.9 Å². The van der Waals surface area contributed by atoms with E-state index in [1.54, 1.807) is 0 Å². The molecule has 0 N–H and O–H groups in total. The van der Waals surface area contributed by atoms with Crippen LogP contribution in [0, 0.1) is 0 Å². The summed E-state index contributed by atoms with van der Waals surface area (Å²) in [6, 6.07) is 10.1. The Morgan fingerprint density at radius 3 is 2.32 bits per heavy atom. The number of ether oxygens (including phenoxy) is 1. The second-order valence-electron chi connectivity index (χ2n) is 6.49. The van der Waals surface area contributed by atoms with Gasteiger partial charge in [-0.15, -0.1) is 0 Å². The largest absolute Gasteiger partial charge is 0.444 e. The molecular weight excluding hydrogens is 342 g/mol. The molecule has 1 amide bonds. The van der Waals surface area contributed by atoms with Crippen LogP contribution in [0.15, 0.2) is 30.3 Å². The maximum absolute atomic E-state index is 12.4. The third-order valence-electron chi connectivity index (χ3n) is 3.18. The third-order valence-corrected chi connectivity index (χ3v) is 3.74. The summed E-state index contributed by atoms with van der Waals surface area (Å²) in [7, 11) is 0. The molecule has 0 aromatic heterocycles. The number of hydrogen-bond donors (Lipinski definition) is 0. The van der Waals surface area contributed by atoms with Gasteiger partial charge in [0, 0.05) is 18.4 Å². The lowest BCUT2D eigenvalue weighted by molar-refractivity contribution is 0.0230. The maximum atomic E-state index is 12.4. The van der Waals surface area contributed by atoms with E-state index in [4.69, 9.17) is 4.74 Å². The van der Waals surface area contributed by atoms with Gasteiger partial charge in [-0.1, -0.05) is 59.1 Å². The smallest absolute Gasteiger partial charge is 0.410 e. The van der Waals surface area contributed by atoms with Crippen LogP contribution >= 0.6 is 15.9 Å². The summed E-state index contributed by atoms with van der Waals surface area (Å²) in [5, 5.41) is 1.05. The van der Waals surface area contributed by atoms with Crippen LogP contribution in [0.5, 0.6) is 0 Å². The average Bonchev–Trinajstić information content (AvgIpc) is 2.45. The zero-order valence-corrected chi connectivity index (χ0v) is 15.6. The predicted octanol–water partition coefficient (Wildman–Crippen LogP) is 5.38.